The van der Waals surface area contributed by atoms with Crippen LogP contribution in [0.1, 0.15) is 35.7 Å². The summed E-state index contributed by atoms with van der Waals surface area (Å²) in [6, 6.07) is 6.80. The number of rotatable bonds is 6. The van der Waals surface area contributed by atoms with Gasteiger partial charge in [-0.05, 0) is 31.4 Å². The average Bonchev–Trinajstić information content (AvgIpc) is 3.20. The molecule has 0 aliphatic heterocycles. The highest BCUT2D eigenvalue weighted by molar-refractivity contribution is 5.89. The third-order valence-corrected chi connectivity index (χ3v) is 3.16. The third kappa shape index (κ3) is 3.79. The number of amides is 1. The van der Waals surface area contributed by atoms with Crippen LogP contribution in [-0.4, -0.2) is 29.1 Å². The smallest absolute Gasteiger partial charge is 0.336 e. The van der Waals surface area contributed by atoms with Crippen LogP contribution >= 0.6 is 0 Å². The zero-order chi connectivity index (χ0) is 13.8. The Balaban J connectivity index is 1.90. The highest BCUT2D eigenvalue weighted by Crippen LogP contribution is 2.18. The highest BCUT2D eigenvalue weighted by atomic mass is 16.4. The molecule has 0 aromatic heterocycles. The molecule has 0 saturated heterocycles. The normalized spacial score (nSPS) is 15.8. The Morgan fingerprint density at radius 3 is 2.68 bits per heavy atom. The molecule has 102 valence electrons. The van der Waals surface area contributed by atoms with Crippen LogP contribution in [0.4, 0.5) is 0 Å². The minimum atomic E-state index is -0.951. The second-order valence-electron chi connectivity index (χ2n) is 4.85. The molecular formula is C14H18N2O3. The predicted octanol–water partition coefficient (Wildman–Crippen LogP) is 1.14. The Morgan fingerprint density at radius 2 is 2.05 bits per heavy atom. The van der Waals surface area contributed by atoms with Crippen molar-refractivity contribution in [2.45, 2.75) is 38.4 Å². The summed E-state index contributed by atoms with van der Waals surface area (Å²) < 4.78 is 0. The first-order valence-corrected chi connectivity index (χ1v) is 6.43. The van der Waals surface area contributed by atoms with Gasteiger partial charge in [-0.3, -0.25) is 4.79 Å². The van der Waals surface area contributed by atoms with Crippen molar-refractivity contribution in [3.8, 4) is 0 Å². The van der Waals surface area contributed by atoms with Crippen LogP contribution in [-0.2, 0) is 11.3 Å². The van der Waals surface area contributed by atoms with Crippen LogP contribution in [0.25, 0.3) is 0 Å². The van der Waals surface area contributed by atoms with Gasteiger partial charge >= 0.3 is 5.97 Å². The Hall–Kier alpha value is -1.88. The molecule has 1 atom stereocenters. The molecule has 1 saturated carbocycles. The molecule has 3 N–H and O–H groups in total. The number of carbonyl (C=O) groups is 2. The van der Waals surface area contributed by atoms with E-state index in [0.29, 0.717) is 18.2 Å². The van der Waals surface area contributed by atoms with Gasteiger partial charge in [0.25, 0.3) is 0 Å². The second-order valence-corrected chi connectivity index (χ2v) is 4.85. The lowest BCUT2D eigenvalue weighted by Gasteiger charge is -2.14. The van der Waals surface area contributed by atoms with Gasteiger partial charge in [0, 0.05) is 12.6 Å². The Kier molecular flexibility index (Phi) is 4.16. The van der Waals surface area contributed by atoms with Gasteiger partial charge in [-0.2, -0.15) is 0 Å². The first kappa shape index (κ1) is 13.5. The molecule has 0 spiro atoms. The van der Waals surface area contributed by atoms with Crippen molar-refractivity contribution in [1.82, 2.24) is 10.6 Å². The summed E-state index contributed by atoms with van der Waals surface area (Å²) in [7, 11) is 0. The SMILES string of the molecule is CC(NCc1ccccc1C(=O)O)C(=O)NC1CC1. The zero-order valence-corrected chi connectivity index (χ0v) is 10.8. The Bertz CT molecular complexity index is 483. The van der Waals surface area contributed by atoms with Crippen LogP contribution in [0, 0.1) is 0 Å². The van der Waals surface area contributed by atoms with Gasteiger partial charge in [-0.25, -0.2) is 4.79 Å². The lowest BCUT2D eigenvalue weighted by atomic mass is 10.1. The molecule has 0 radical (unpaired) electrons. The van der Waals surface area contributed by atoms with Crippen molar-refractivity contribution < 1.29 is 14.7 Å². The van der Waals surface area contributed by atoms with Crippen LogP contribution in [0.5, 0.6) is 0 Å². The number of benzene rings is 1. The van der Waals surface area contributed by atoms with E-state index in [2.05, 4.69) is 10.6 Å². The van der Waals surface area contributed by atoms with Gasteiger partial charge in [0.05, 0.1) is 11.6 Å². The van der Waals surface area contributed by atoms with E-state index >= 15 is 0 Å². The molecule has 1 fully saturated rings. The van der Waals surface area contributed by atoms with Crippen molar-refractivity contribution in [2.24, 2.45) is 0 Å². The number of nitrogens with one attached hydrogen (secondary N) is 2. The van der Waals surface area contributed by atoms with Gasteiger partial charge in [0.1, 0.15) is 0 Å². The lowest BCUT2D eigenvalue weighted by molar-refractivity contribution is -0.122. The minimum Gasteiger partial charge on any atom is -0.478 e. The van der Waals surface area contributed by atoms with E-state index in [-0.39, 0.29) is 17.5 Å². The lowest BCUT2D eigenvalue weighted by Crippen LogP contribution is -2.42. The first-order chi connectivity index (χ1) is 9.08. The fourth-order valence-electron chi connectivity index (χ4n) is 1.79. The summed E-state index contributed by atoms with van der Waals surface area (Å²) in [5.41, 5.74) is 0.950. The van der Waals surface area contributed by atoms with Crippen LogP contribution in [0.2, 0.25) is 0 Å². The topological polar surface area (TPSA) is 78.4 Å². The molecule has 0 heterocycles. The van der Waals surface area contributed by atoms with E-state index in [1.807, 2.05) is 0 Å². The van der Waals surface area contributed by atoms with E-state index in [1.165, 1.54) is 0 Å². The van der Waals surface area contributed by atoms with Gasteiger partial charge in [0.2, 0.25) is 5.91 Å². The zero-order valence-electron chi connectivity index (χ0n) is 10.8. The van der Waals surface area contributed by atoms with Gasteiger partial charge < -0.3 is 15.7 Å². The van der Waals surface area contributed by atoms with Crippen molar-refractivity contribution in [3.63, 3.8) is 0 Å². The second kappa shape index (κ2) is 5.84. The van der Waals surface area contributed by atoms with E-state index < -0.39 is 5.97 Å². The van der Waals surface area contributed by atoms with E-state index in [1.54, 1.807) is 31.2 Å². The van der Waals surface area contributed by atoms with E-state index in [9.17, 15) is 9.59 Å². The molecule has 1 aromatic rings. The molecule has 19 heavy (non-hydrogen) atoms. The average molecular weight is 262 g/mol. The predicted molar refractivity (Wildman–Crippen MR) is 70.9 cm³/mol. The molecule has 2 rings (SSSR count). The van der Waals surface area contributed by atoms with Crippen LogP contribution in [0.15, 0.2) is 24.3 Å². The molecule has 1 unspecified atom stereocenters. The maximum atomic E-state index is 11.7. The van der Waals surface area contributed by atoms with Crippen molar-refractivity contribution in [3.05, 3.63) is 35.4 Å². The number of carboxylic acids is 1. The number of carbonyl (C=O) groups excluding carboxylic acids is 1. The number of carboxylic acid groups (broad SMARTS) is 1. The largest absolute Gasteiger partial charge is 0.478 e. The van der Waals surface area contributed by atoms with E-state index in [4.69, 9.17) is 5.11 Å². The molecule has 5 nitrogen and oxygen atoms in total. The fraction of sp³-hybridized carbons (Fsp3) is 0.429. The summed E-state index contributed by atoms with van der Waals surface area (Å²) in [6.45, 7) is 2.14. The maximum Gasteiger partial charge on any atom is 0.336 e. The molecular weight excluding hydrogens is 244 g/mol. The molecule has 1 aromatic carbocycles. The summed E-state index contributed by atoms with van der Waals surface area (Å²) in [6.07, 6.45) is 2.11. The summed E-state index contributed by atoms with van der Waals surface area (Å²) >= 11 is 0. The molecule has 0 bridgehead atoms. The molecule has 1 aliphatic rings. The van der Waals surface area contributed by atoms with Crippen molar-refractivity contribution in [2.75, 3.05) is 0 Å². The first-order valence-electron chi connectivity index (χ1n) is 6.43. The van der Waals surface area contributed by atoms with Gasteiger partial charge in [-0.1, -0.05) is 18.2 Å². The Morgan fingerprint density at radius 1 is 1.37 bits per heavy atom. The number of aromatic carboxylic acids is 1. The van der Waals surface area contributed by atoms with E-state index in [0.717, 1.165) is 12.8 Å². The summed E-state index contributed by atoms with van der Waals surface area (Å²) in [4.78, 5) is 22.8. The summed E-state index contributed by atoms with van der Waals surface area (Å²) in [5, 5.41) is 15.0. The van der Waals surface area contributed by atoms with Crippen molar-refractivity contribution >= 4 is 11.9 Å². The fourth-order valence-corrected chi connectivity index (χ4v) is 1.79. The number of hydrogen-bond donors (Lipinski definition) is 3. The standard InChI is InChI=1S/C14H18N2O3/c1-9(13(17)16-11-6-7-11)15-8-10-4-2-3-5-12(10)14(18)19/h2-5,9,11,15H,6-8H2,1H3,(H,16,17)(H,18,19). The molecule has 1 aliphatic carbocycles. The van der Waals surface area contributed by atoms with Crippen molar-refractivity contribution in [1.29, 1.82) is 0 Å². The van der Waals surface area contributed by atoms with Crippen LogP contribution < -0.4 is 10.6 Å². The quantitative estimate of drug-likeness (QED) is 0.718. The third-order valence-electron chi connectivity index (χ3n) is 3.16. The van der Waals surface area contributed by atoms with Gasteiger partial charge in [0.15, 0.2) is 0 Å². The Labute approximate surface area is 112 Å². The molecule has 5 heteroatoms. The van der Waals surface area contributed by atoms with Crippen LogP contribution in [0.3, 0.4) is 0 Å². The minimum absolute atomic E-state index is 0.0321. The summed E-state index contributed by atoms with van der Waals surface area (Å²) in [5.74, 6) is -0.984. The number of hydrogen-bond acceptors (Lipinski definition) is 3. The monoisotopic (exact) mass is 262 g/mol. The maximum absolute atomic E-state index is 11.7. The molecule has 1 amide bonds. The highest BCUT2D eigenvalue weighted by Gasteiger charge is 2.25. The van der Waals surface area contributed by atoms with Gasteiger partial charge in [-0.15, -0.1) is 0 Å².